The van der Waals surface area contributed by atoms with E-state index in [0.29, 0.717) is 5.82 Å². The molecule has 6 nitrogen and oxygen atoms in total. The molecule has 19 heavy (non-hydrogen) atoms. The molecule has 1 unspecified atom stereocenters. The lowest BCUT2D eigenvalue weighted by Crippen LogP contribution is -2.27. The predicted octanol–water partition coefficient (Wildman–Crippen LogP) is 1.81. The van der Waals surface area contributed by atoms with Gasteiger partial charge in [0, 0.05) is 6.20 Å². The summed E-state index contributed by atoms with van der Waals surface area (Å²) in [4.78, 5) is 11.9. The lowest BCUT2D eigenvalue weighted by Gasteiger charge is -2.10. The standard InChI is InChI=1S/C13H12N4O2/c1-9(14-13(18)10-5-4-8-19-10)12-16-15-11-6-2-3-7-17(11)12/h2-9H,1H3,(H,14,18). The Morgan fingerprint density at radius 2 is 2.21 bits per heavy atom. The molecule has 3 rings (SSSR count). The molecule has 96 valence electrons. The first-order valence-corrected chi connectivity index (χ1v) is 5.90. The largest absolute Gasteiger partial charge is 0.459 e. The first-order valence-electron chi connectivity index (χ1n) is 5.90. The van der Waals surface area contributed by atoms with E-state index in [1.54, 1.807) is 12.1 Å². The minimum Gasteiger partial charge on any atom is -0.459 e. The maximum Gasteiger partial charge on any atom is 0.287 e. The van der Waals surface area contributed by atoms with Crippen molar-refractivity contribution >= 4 is 11.6 Å². The fourth-order valence-electron chi connectivity index (χ4n) is 1.90. The first kappa shape index (κ1) is 11.5. The molecule has 1 N–H and O–H groups in total. The summed E-state index contributed by atoms with van der Waals surface area (Å²) < 4.78 is 6.89. The van der Waals surface area contributed by atoms with Gasteiger partial charge in [0.2, 0.25) is 0 Å². The molecule has 3 heterocycles. The highest BCUT2D eigenvalue weighted by Gasteiger charge is 2.17. The minimum atomic E-state index is -0.273. The number of hydrogen-bond acceptors (Lipinski definition) is 4. The monoisotopic (exact) mass is 256 g/mol. The van der Waals surface area contributed by atoms with Crippen LogP contribution in [0.1, 0.15) is 29.3 Å². The van der Waals surface area contributed by atoms with Crippen LogP contribution in [0.5, 0.6) is 0 Å². The Bertz CT molecular complexity index is 702. The van der Waals surface area contributed by atoms with E-state index in [9.17, 15) is 4.79 Å². The number of carbonyl (C=O) groups is 1. The average molecular weight is 256 g/mol. The number of nitrogens with one attached hydrogen (secondary N) is 1. The van der Waals surface area contributed by atoms with Crippen molar-refractivity contribution in [3.8, 4) is 0 Å². The number of rotatable bonds is 3. The summed E-state index contributed by atoms with van der Waals surface area (Å²) >= 11 is 0. The van der Waals surface area contributed by atoms with Crippen LogP contribution < -0.4 is 5.32 Å². The summed E-state index contributed by atoms with van der Waals surface area (Å²) in [5.41, 5.74) is 0.747. The summed E-state index contributed by atoms with van der Waals surface area (Å²) in [7, 11) is 0. The maximum atomic E-state index is 11.9. The molecule has 1 atom stereocenters. The lowest BCUT2D eigenvalue weighted by molar-refractivity contribution is 0.0910. The SMILES string of the molecule is CC(NC(=O)c1ccco1)c1nnc2ccccn12. The van der Waals surface area contributed by atoms with Gasteiger partial charge >= 0.3 is 0 Å². The maximum absolute atomic E-state index is 11.9. The third-order valence-corrected chi connectivity index (χ3v) is 2.82. The van der Waals surface area contributed by atoms with Crippen molar-refractivity contribution in [1.82, 2.24) is 19.9 Å². The zero-order valence-electron chi connectivity index (χ0n) is 10.3. The number of fused-ring (bicyclic) bond motifs is 1. The third-order valence-electron chi connectivity index (χ3n) is 2.82. The minimum absolute atomic E-state index is 0.269. The van der Waals surface area contributed by atoms with Crippen LogP contribution in [-0.4, -0.2) is 20.5 Å². The van der Waals surface area contributed by atoms with Gasteiger partial charge in [-0.3, -0.25) is 9.20 Å². The molecular formula is C13H12N4O2. The number of carbonyl (C=O) groups excluding carboxylic acids is 1. The summed E-state index contributed by atoms with van der Waals surface area (Å²) in [5.74, 6) is 0.682. The molecule has 0 aliphatic rings. The van der Waals surface area contributed by atoms with Gasteiger partial charge in [-0.15, -0.1) is 10.2 Å². The molecule has 3 aromatic rings. The molecular weight excluding hydrogens is 244 g/mol. The van der Waals surface area contributed by atoms with Gasteiger partial charge in [-0.2, -0.15) is 0 Å². The van der Waals surface area contributed by atoms with E-state index >= 15 is 0 Å². The van der Waals surface area contributed by atoms with E-state index < -0.39 is 0 Å². The highest BCUT2D eigenvalue weighted by molar-refractivity contribution is 5.91. The Morgan fingerprint density at radius 3 is 3.00 bits per heavy atom. The second-order valence-electron chi connectivity index (χ2n) is 4.16. The summed E-state index contributed by atoms with van der Waals surface area (Å²) in [6.45, 7) is 1.85. The normalized spacial score (nSPS) is 12.5. The van der Waals surface area contributed by atoms with Gasteiger partial charge in [0.05, 0.1) is 12.3 Å². The highest BCUT2D eigenvalue weighted by atomic mass is 16.3. The molecule has 1 amide bonds. The van der Waals surface area contributed by atoms with Crippen LogP contribution in [0, 0.1) is 0 Å². The number of aromatic nitrogens is 3. The number of hydrogen-bond donors (Lipinski definition) is 1. The zero-order valence-corrected chi connectivity index (χ0v) is 10.3. The lowest BCUT2D eigenvalue weighted by atomic mass is 10.3. The highest BCUT2D eigenvalue weighted by Crippen LogP contribution is 2.12. The van der Waals surface area contributed by atoms with Crippen LogP contribution in [-0.2, 0) is 0 Å². The molecule has 0 aliphatic heterocycles. The molecule has 0 fully saturated rings. The van der Waals surface area contributed by atoms with E-state index in [4.69, 9.17) is 4.42 Å². The van der Waals surface area contributed by atoms with Gasteiger partial charge in [-0.25, -0.2) is 0 Å². The summed E-state index contributed by atoms with van der Waals surface area (Å²) in [6, 6.07) is 8.66. The van der Waals surface area contributed by atoms with Crippen molar-refractivity contribution in [2.45, 2.75) is 13.0 Å². The second-order valence-corrected chi connectivity index (χ2v) is 4.16. The summed E-state index contributed by atoms with van der Waals surface area (Å²) in [6.07, 6.45) is 3.33. The van der Waals surface area contributed by atoms with E-state index in [1.165, 1.54) is 6.26 Å². The molecule has 0 saturated carbocycles. The Kier molecular flexibility index (Phi) is 2.75. The van der Waals surface area contributed by atoms with Gasteiger partial charge in [0.1, 0.15) is 0 Å². The zero-order chi connectivity index (χ0) is 13.2. The van der Waals surface area contributed by atoms with Crippen molar-refractivity contribution in [1.29, 1.82) is 0 Å². The second kappa shape index (κ2) is 4.56. The fraction of sp³-hybridized carbons (Fsp3) is 0.154. The van der Waals surface area contributed by atoms with E-state index in [1.807, 2.05) is 35.7 Å². The molecule has 0 aromatic carbocycles. The quantitative estimate of drug-likeness (QED) is 0.775. The van der Waals surface area contributed by atoms with Gasteiger partial charge < -0.3 is 9.73 Å². The van der Waals surface area contributed by atoms with Crippen LogP contribution in [0.15, 0.2) is 47.2 Å². The number of pyridine rings is 1. The van der Waals surface area contributed by atoms with Crippen molar-refractivity contribution in [2.75, 3.05) is 0 Å². The fourth-order valence-corrected chi connectivity index (χ4v) is 1.90. The molecule has 0 radical (unpaired) electrons. The number of amides is 1. The predicted molar refractivity (Wildman–Crippen MR) is 67.6 cm³/mol. The number of nitrogens with zero attached hydrogens (tertiary/aromatic N) is 3. The molecule has 0 bridgehead atoms. The Balaban J connectivity index is 1.84. The van der Waals surface area contributed by atoms with Crippen molar-refractivity contribution < 1.29 is 9.21 Å². The van der Waals surface area contributed by atoms with E-state index in [0.717, 1.165) is 5.65 Å². The van der Waals surface area contributed by atoms with Gasteiger partial charge in [-0.05, 0) is 31.2 Å². The van der Waals surface area contributed by atoms with E-state index in [-0.39, 0.29) is 17.7 Å². The van der Waals surface area contributed by atoms with Crippen molar-refractivity contribution in [3.05, 3.63) is 54.4 Å². The van der Waals surface area contributed by atoms with Crippen molar-refractivity contribution in [2.24, 2.45) is 0 Å². The van der Waals surface area contributed by atoms with Gasteiger partial charge in [-0.1, -0.05) is 6.07 Å². The van der Waals surface area contributed by atoms with Crippen LogP contribution in [0.25, 0.3) is 5.65 Å². The van der Waals surface area contributed by atoms with Crippen LogP contribution in [0.2, 0.25) is 0 Å². The molecule has 0 aliphatic carbocycles. The van der Waals surface area contributed by atoms with Gasteiger partial charge in [0.15, 0.2) is 17.2 Å². The molecule has 0 saturated heterocycles. The Labute approximate surface area is 109 Å². The number of furan rings is 1. The van der Waals surface area contributed by atoms with Crippen LogP contribution in [0.3, 0.4) is 0 Å². The third kappa shape index (κ3) is 2.08. The average Bonchev–Trinajstić information content (AvgIpc) is 3.08. The van der Waals surface area contributed by atoms with Gasteiger partial charge in [0.25, 0.3) is 5.91 Å². The first-order chi connectivity index (χ1) is 9.25. The topological polar surface area (TPSA) is 72.4 Å². The van der Waals surface area contributed by atoms with Crippen molar-refractivity contribution in [3.63, 3.8) is 0 Å². The Hall–Kier alpha value is -2.63. The molecule has 3 aromatic heterocycles. The Morgan fingerprint density at radius 1 is 1.32 bits per heavy atom. The van der Waals surface area contributed by atoms with Crippen LogP contribution >= 0.6 is 0 Å². The van der Waals surface area contributed by atoms with E-state index in [2.05, 4.69) is 15.5 Å². The molecule has 6 heteroatoms. The van der Waals surface area contributed by atoms with Crippen LogP contribution in [0.4, 0.5) is 0 Å². The summed E-state index contributed by atoms with van der Waals surface area (Å²) in [5, 5.41) is 11.0. The molecule has 0 spiro atoms. The smallest absolute Gasteiger partial charge is 0.287 e.